The summed E-state index contributed by atoms with van der Waals surface area (Å²) in [6.07, 6.45) is 1.86. The fraction of sp³-hybridized carbons (Fsp3) is 0.400. The van der Waals surface area contributed by atoms with E-state index in [1.165, 1.54) is 5.56 Å². The molecule has 0 aliphatic carbocycles. The molecule has 0 bridgehead atoms. The summed E-state index contributed by atoms with van der Waals surface area (Å²) in [5.74, 6) is 0. The molecular formula is C15H19ClN4S. The van der Waals surface area contributed by atoms with Crippen LogP contribution >= 0.6 is 22.9 Å². The third-order valence-corrected chi connectivity index (χ3v) is 4.84. The van der Waals surface area contributed by atoms with Crippen molar-refractivity contribution in [1.29, 1.82) is 0 Å². The van der Waals surface area contributed by atoms with Gasteiger partial charge in [-0.3, -0.25) is 0 Å². The van der Waals surface area contributed by atoms with Crippen LogP contribution in [0.5, 0.6) is 0 Å². The SMILES string of the molecule is CNCc1ccc(N2CCN(c3nccs3)CC2)c(Cl)c1. The highest BCUT2D eigenvalue weighted by molar-refractivity contribution is 7.13. The minimum absolute atomic E-state index is 0.838. The normalized spacial score (nSPS) is 15.5. The lowest BCUT2D eigenvalue weighted by atomic mass is 10.1. The molecule has 0 unspecified atom stereocenters. The number of aromatic nitrogens is 1. The molecule has 0 amide bonds. The van der Waals surface area contributed by atoms with E-state index in [1.807, 2.05) is 18.6 Å². The molecule has 2 heterocycles. The summed E-state index contributed by atoms with van der Waals surface area (Å²) in [6.45, 7) is 4.78. The Balaban J connectivity index is 1.66. The molecule has 0 spiro atoms. The average molecular weight is 323 g/mol. The molecule has 1 aliphatic heterocycles. The molecule has 21 heavy (non-hydrogen) atoms. The van der Waals surface area contributed by atoms with Crippen molar-refractivity contribution in [2.45, 2.75) is 6.54 Å². The summed E-state index contributed by atoms with van der Waals surface area (Å²) in [5.41, 5.74) is 2.35. The summed E-state index contributed by atoms with van der Waals surface area (Å²) >= 11 is 8.14. The molecule has 1 fully saturated rings. The first-order valence-electron chi connectivity index (χ1n) is 7.10. The minimum Gasteiger partial charge on any atom is -0.367 e. The van der Waals surface area contributed by atoms with E-state index in [4.69, 9.17) is 11.6 Å². The van der Waals surface area contributed by atoms with Gasteiger partial charge in [0.25, 0.3) is 0 Å². The smallest absolute Gasteiger partial charge is 0.185 e. The van der Waals surface area contributed by atoms with E-state index in [1.54, 1.807) is 11.3 Å². The van der Waals surface area contributed by atoms with Crippen molar-refractivity contribution >= 4 is 33.8 Å². The number of anilines is 2. The van der Waals surface area contributed by atoms with Gasteiger partial charge in [-0.15, -0.1) is 11.3 Å². The molecule has 1 aromatic carbocycles. The van der Waals surface area contributed by atoms with Crippen LogP contribution in [0.2, 0.25) is 5.02 Å². The Morgan fingerprint density at radius 3 is 2.62 bits per heavy atom. The van der Waals surface area contributed by atoms with Gasteiger partial charge in [0.2, 0.25) is 0 Å². The molecule has 1 aromatic heterocycles. The number of benzene rings is 1. The largest absolute Gasteiger partial charge is 0.367 e. The van der Waals surface area contributed by atoms with Crippen LogP contribution in [-0.4, -0.2) is 38.2 Å². The Kier molecular flexibility index (Phi) is 4.63. The Morgan fingerprint density at radius 1 is 1.24 bits per heavy atom. The highest BCUT2D eigenvalue weighted by Crippen LogP contribution is 2.29. The van der Waals surface area contributed by atoms with E-state index in [9.17, 15) is 0 Å². The van der Waals surface area contributed by atoms with Crippen LogP contribution in [0.15, 0.2) is 29.8 Å². The number of nitrogens with one attached hydrogen (secondary N) is 1. The molecule has 0 radical (unpaired) electrons. The lowest BCUT2D eigenvalue weighted by Crippen LogP contribution is -2.46. The van der Waals surface area contributed by atoms with Gasteiger partial charge in [-0.2, -0.15) is 0 Å². The Labute approximate surface area is 134 Å². The highest BCUT2D eigenvalue weighted by Gasteiger charge is 2.20. The summed E-state index contributed by atoms with van der Waals surface area (Å²) < 4.78 is 0. The van der Waals surface area contributed by atoms with Gasteiger partial charge in [0.1, 0.15) is 0 Å². The van der Waals surface area contributed by atoms with Crippen LogP contribution in [0.4, 0.5) is 10.8 Å². The second kappa shape index (κ2) is 6.64. The Bertz CT molecular complexity index is 579. The van der Waals surface area contributed by atoms with Crippen molar-refractivity contribution in [1.82, 2.24) is 10.3 Å². The molecular weight excluding hydrogens is 304 g/mol. The van der Waals surface area contributed by atoms with Gasteiger partial charge < -0.3 is 15.1 Å². The summed E-state index contributed by atoms with van der Waals surface area (Å²) in [7, 11) is 1.94. The summed E-state index contributed by atoms with van der Waals surface area (Å²) in [5, 5.41) is 7.13. The van der Waals surface area contributed by atoms with Crippen molar-refractivity contribution in [2.24, 2.45) is 0 Å². The maximum atomic E-state index is 6.44. The van der Waals surface area contributed by atoms with Crippen LogP contribution in [-0.2, 0) is 6.54 Å². The third-order valence-electron chi connectivity index (χ3n) is 3.70. The Morgan fingerprint density at radius 2 is 2.00 bits per heavy atom. The van der Waals surface area contributed by atoms with Crippen LogP contribution in [0, 0.1) is 0 Å². The zero-order valence-electron chi connectivity index (χ0n) is 12.1. The van der Waals surface area contributed by atoms with Gasteiger partial charge in [0.05, 0.1) is 10.7 Å². The van der Waals surface area contributed by atoms with E-state index in [0.29, 0.717) is 0 Å². The van der Waals surface area contributed by atoms with Crippen molar-refractivity contribution in [3.05, 3.63) is 40.4 Å². The van der Waals surface area contributed by atoms with Crippen molar-refractivity contribution in [2.75, 3.05) is 43.0 Å². The van der Waals surface area contributed by atoms with Gasteiger partial charge in [-0.25, -0.2) is 4.98 Å². The van der Waals surface area contributed by atoms with E-state index >= 15 is 0 Å². The van der Waals surface area contributed by atoms with E-state index in [-0.39, 0.29) is 0 Å². The van der Waals surface area contributed by atoms with Gasteiger partial charge in [-0.1, -0.05) is 17.7 Å². The topological polar surface area (TPSA) is 31.4 Å². The van der Waals surface area contributed by atoms with E-state index in [2.05, 4.69) is 38.3 Å². The zero-order chi connectivity index (χ0) is 14.7. The lowest BCUT2D eigenvalue weighted by molar-refractivity contribution is 0.652. The molecule has 1 N–H and O–H groups in total. The van der Waals surface area contributed by atoms with Gasteiger partial charge >= 0.3 is 0 Å². The van der Waals surface area contributed by atoms with Gasteiger partial charge in [-0.05, 0) is 24.7 Å². The second-order valence-corrected chi connectivity index (χ2v) is 6.39. The molecule has 2 aromatic rings. The predicted molar refractivity (Wildman–Crippen MR) is 90.8 cm³/mol. The predicted octanol–water partition coefficient (Wildman–Crippen LogP) is 2.84. The first-order chi connectivity index (χ1) is 10.3. The molecule has 4 nitrogen and oxygen atoms in total. The highest BCUT2D eigenvalue weighted by atomic mass is 35.5. The summed E-state index contributed by atoms with van der Waals surface area (Å²) in [4.78, 5) is 9.07. The van der Waals surface area contributed by atoms with Crippen LogP contribution in [0.25, 0.3) is 0 Å². The number of rotatable bonds is 4. The van der Waals surface area contributed by atoms with Gasteiger partial charge in [0.15, 0.2) is 5.13 Å². The molecule has 6 heteroatoms. The van der Waals surface area contributed by atoms with Crippen LogP contribution in [0.1, 0.15) is 5.56 Å². The zero-order valence-corrected chi connectivity index (χ0v) is 13.6. The third kappa shape index (κ3) is 3.31. The Hall–Kier alpha value is -1.30. The average Bonchev–Trinajstić information content (AvgIpc) is 3.02. The number of thiazole rings is 1. The molecule has 1 aliphatic rings. The minimum atomic E-state index is 0.838. The number of hydrogen-bond acceptors (Lipinski definition) is 5. The molecule has 1 saturated heterocycles. The first-order valence-corrected chi connectivity index (χ1v) is 8.36. The second-order valence-electron chi connectivity index (χ2n) is 5.10. The monoisotopic (exact) mass is 322 g/mol. The first kappa shape index (κ1) is 14.6. The van der Waals surface area contributed by atoms with Crippen molar-refractivity contribution in [3.63, 3.8) is 0 Å². The molecule has 112 valence electrons. The maximum absolute atomic E-state index is 6.44. The standard InChI is InChI=1S/C15H19ClN4S/c1-17-11-12-2-3-14(13(16)10-12)19-5-7-20(8-6-19)15-18-4-9-21-15/h2-4,9-10,17H,5-8,11H2,1H3. The molecule has 3 rings (SSSR count). The van der Waals surface area contributed by atoms with E-state index < -0.39 is 0 Å². The number of halogens is 1. The number of hydrogen-bond donors (Lipinski definition) is 1. The van der Waals surface area contributed by atoms with Gasteiger partial charge in [0, 0.05) is 44.3 Å². The van der Waals surface area contributed by atoms with E-state index in [0.717, 1.165) is 48.6 Å². The lowest BCUT2D eigenvalue weighted by Gasteiger charge is -2.36. The molecule has 0 saturated carbocycles. The fourth-order valence-corrected chi connectivity index (χ4v) is 3.65. The van der Waals surface area contributed by atoms with Crippen molar-refractivity contribution < 1.29 is 0 Å². The summed E-state index contributed by atoms with van der Waals surface area (Å²) in [6, 6.07) is 6.33. The number of piperazine rings is 1. The van der Waals surface area contributed by atoms with Crippen LogP contribution in [0.3, 0.4) is 0 Å². The molecule has 0 atom stereocenters. The van der Waals surface area contributed by atoms with Crippen molar-refractivity contribution in [3.8, 4) is 0 Å². The maximum Gasteiger partial charge on any atom is 0.185 e. The quantitative estimate of drug-likeness (QED) is 0.938. The van der Waals surface area contributed by atoms with Crippen LogP contribution < -0.4 is 15.1 Å². The fourth-order valence-electron chi connectivity index (χ4n) is 2.63. The number of nitrogens with zero attached hydrogens (tertiary/aromatic N) is 3.